The van der Waals surface area contributed by atoms with Crippen molar-refractivity contribution in [2.75, 3.05) is 23.7 Å². The topological polar surface area (TPSA) is 92.3 Å². The summed E-state index contributed by atoms with van der Waals surface area (Å²) in [5.74, 6) is -0.382. The molecule has 0 bridgehead atoms. The maximum Gasteiger partial charge on any atom is 0.311 e. The van der Waals surface area contributed by atoms with E-state index in [9.17, 15) is 14.3 Å². The van der Waals surface area contributed by atoms with Crippen LogP contribution in [-0.2, 0) is 11.2 Å². The van der Waals surface area contributed by atoms with Gasteiger partial charge in [0.05, 0.1) is 5.41 Å². The smallest absolute Gasteiger partial charge is 0.311 e. The van der Waals surface area contributed by atoms with Gasteiger partial charge in [-0.1, -0.05) is 12.1 Å². The van der Waals surface area contributed by atoms with Crippen molar-refractivity contribution in [2.45, 2.75) is 19.3 Å². The minimum Gasteiger partial charge on any atom is -0.481 e. The van der Waals surface area contributed by atoms with E-state index in [1.165, 1.54) is 12.1 Å². The van der Waals surface area contributed by atoms with Crippen LogP contribution in [0.15, 0.2) is 36.5 Å². The van der Waals surface area contributed by atoms with Gasteiger partial charge >= 0.3 is 5.97 Å². The molecule has 0 saturated carbocycles. The van der Waals surface area contributed by atoms with E-state index in [4.69, 9.17) is 5.73 Å². The Labute approximate surface area is 139 Å². The number of carbonyl (C=O) groups is 1. The monoisotopic (exact) mass is 330 g/mol. The van der Waals surface area contributed by atoms with Gasteiger partial charge in [-0.2, -0.15) is 4.98 Å². The van der Waals surface area contributed by atoms with Crippen molar-refractivity contribution in [3.63, 3.8) is 0 Å². The predicted molar refractivity (Wildman–Crippen MR) is 88.1 cm³/mol. The molecule has 2 heterocycles. The standard InChI is InChI=1S/C17H19FN4O2/c18-13-4-2-12(3-5-13)10-17(15(23)24)7-1-9-22(11-17)14-6-8-20-16(19)21-14/h2-6,8H,1,7,9-11H2,(H,23,24)(H2,19,20,21). The summed E-state index contributed by atoms with van der Waals surface area (Å²) in [6, 6.07) is 7.72. The molecule has 1 saturated heterocycles. The number of nitrogens with two attached hydrogens (primary N) is 1. The molecule has 0 radical (unpaired) electrons. The Kier molecular flexibility index (Phi) is 4.33. The summed E-state index contributed by atoms with van der Waals surface area (Å²) < 4.78 is 13.1. The predicted octanol–water partition coefficient (Wildman–Crippen LogP) is 2.11. The lowest BCUT2D eigenvalue weighted by Gasteiger charge is -2.40. The Morgan fingerprint density at radius 2 is 2.08 bits per heavy atom. The first-order valence-electron chi connectivity index (χ1n) is 7.80. The minimum absolute atomic E-state index is 0.164. The van der Waals surface area contributed by atoms with Crippen molar-refractivity contribution in [3.8, 4) is 0 Å². The quantitative estimate of drug-likeness (QED) is 0.892. The average molecular weight is 330 g/mol. The summed E-state index contributed by atoms with van der Waals surface area (Å²) in [5.41, 5.74) is 5.50. The number of benzene rings is 1. The molecule has 1 aliphatic heterocycles. The van der Waals surface area contributed by atoms with E-state index in [0.717, 1.165) is 18.5 Å². The van der Waals surface area contributed by atoms with Gasteiger partial charge in [0.25, 0.3) is 0 Å². The third-order valence-corrected chi connectivity index (χ3v) is 4.47. The molecular weight excluding hydrogens is 311 g/mol. The molecule has 1 aromatic carbocycles. The van der Waals surface area contributed by atoms with Crippen LogP contribution in [0.5, 0.6) is 0 Å². The fourth-order valence-electron chi connectivity index (χ4n) is 3.25. The van der Waals surface area contributed by atoms with Gasteiger partial charge in [0.15, 0.2) is 0 Å². The van der Waals surface area contributed by atoms with E-state index >= 15 is 0 Å². The number of piperidine rings is 1. The van der Waals surface area contributed by atoms with Crippen molar-refractivity contribution in [1.82, 2.24) is 9.97 Å². The zero-order valence-corrected chi connectivity index (χ0v) is 13.2. The van der Waals surface area contributed by atoms with Crippen LogP contribution in [0.1, 0.15) is 18.4 Å². The lowest BCUT2D eigenvalue weighted by atomic mass is 9.75. The number of rotatable bonds is 4. The molecule has 0 spiro atoms. The molecule has 1 atom stereocenters. The van der Waals surface area contributed by atoms with Gasteiger partial charge in [-0.05, 0) is 43.0 Å². The summed E-state index contributed by atoms with van der Waals surface area (Å²) in [6.07, 6.45) is 3.21. The van der Waals surface area contributed by atoms with E-state index in [1.54, 1.807) is 24.4 Å². The number of anilines is 2. The van der Waals surface area contributed by atoms with Crippen LogP contribution < -0.4 is 10.6 Å². The molecule has 126 valence electrons. The molecule has 6 nitrogen and oxygen atoms in total. The number of halogens is 1. The van der Waals surface area contributed by atoms with Gasteiger partial charge in [0.1, 0.15) is 11.6 Å². The molecule has 1 unspecified atom stereocenters. The summed E-state index contributed by atoms with van der Waals surface area (Å²) in [5, 5.41) is 9.87. The molecule has 3 rings (SSSR count). The summed E-state index contributed by atoms with van der Waals surface area (Å²) in [4.78, 5) is 22.0. The Morgan fingerprint density at radius 1 is 1.33 bits per heavy atom. The van der Waals surface area contributed by atoms with E-state index in [1.807, 2.05) is 4.90 Å². The second kappa shape index (κ2) is 6.43. The number of carboxylic acids is 1. The number of aliphatic carboxylic acids is 1. The van der Waals surface area contributed by atoms with Crippen LogP contribution in [0.4, 0.5) is 16.2 Å². The number of carboxylic acid groups (broad SMARTS) is 1. The van der Waals surface area contributed by atoms with Crippen molar-refractivity contribution >= 4 is 17.7 Å². The average Bonchev–Trinajstić information content (AvgIpc) is 2.57. The Balaban J connectivity index is 1.86. The highest BCUT2D eigenvalue weighted by molar-refractivity contribution is 5.76. The van der Waals surface area contributed by atoms with Crippen molar-refractivity contribution < 1.29 is 14.3 Å². The summed E-state index contributed by atoms with van der Waals surface area (Å²) >= 11 is 0. The van der Waals surface area contributed by atoms with Gasteiger partial charge < -0.3 is 15.7 Å². The van der Waals surface area contributed by atoms with Crippen LogP contribution in [-0.4, -0.2) is 34.1 Å². The number of aromatic nitrogens is 2. The fourth-order valence-corrected chi connectivity index (χ4v) is 3.25. The van der Waals surface area contributed by atoms with Crippen molar-refractivity contribution in [1.29, 1.82) is 0 Å². The highest BCUT2D eigenvalue weighted by atomic mass is 19.1. The van der Waals surface area contributed by atoms with Crippen LogP contribution in [0.25, 0.3) is 0 Å². The molecule has 0 aliphatic carbocycles. The summed E-state index contributed by atoms with van der Waals surface area (Å²) in [6.45, 7) is 1.05. The van der Waals surface area contributed by atoms with Crippen molar-refractivity contribution in [3.05, 3.63) is 47.9 Å². The normalized spacial score (nSPS) is 20.8. The molecule has 0 amide bonds. The van der Waals surface area contributed by atoms with Crippen LogP contribution in [0.3, 0.4) is 0 Å². The first-order chi connectivity index (χ1) is 11.5. The summed E-state index contributed by atoms with van der Waals surface area (Å²) in [7, 11) is 0. The third kappa shape index (κ3) is 3.29. The SMILES string of the molecule is Nc1nccc(N2CCCC(Cc3ccc(F)cc3)(C(=O)O)C2)n1. The Hall–Kier alpha value is -2.70. The largest absolute Gasteiger partial charge is 0.481 e. The molecule has 1 fully saturated rings. The van der Waals surface area contributed by atoms with E-state index in [-0.39, 0.29) is 11.8 Å². The molecule has 2 aromatic rings. The molecule has 7 heteroatoms. The first-order valence-corrected chi connectivity index (χ1v) is 7.80. The van der Waals surface area contributed by atoms with Gasteiger partial charge in [0.2, 0.25) is 5.95 Å². The lowest BCUT2D eigenvalue weighted by Crippen LogP contribution is -2.49. The second-order valence-corrected chi connectivity index (χ2v) is 6.19. The number of hydrogen-bond acceptors (Lipinski definition) is 5. The highest BCUT2D eigenvalue weighted by Crippen LogP contribution is 2.35. The highest BCUT2D eigenvalue weighted by Gasteiger charge is 2.42. The van der Waals surface area contributed by atoms with Gasteiger partial charge in [-0.15, -0.1) is 0 Å². The zero-order chi connectivity index (χ0) is 17.2. The minimum atomic E-state index is -0.935. The molecule has 24 heavy (non-hydrogen) atoms. The second-order valence-electron chi connectivity index (χ2n) is 6.19. The van der Waals surface area contributed by atoms with Crippen LogP contribution in [0.2, 0.25) is 0 Å². The van der Waals surface area contributed by atoms with Crippen LogP contribution in [0, 0.1) is 11.2 Å². The molecular formula is C17H19FN4O2. The van der Waals surface area contributed by atoms with Gasteiger partial charge in [0, 0.05) is 19.3 Å². The number of nitrogen functional groups attached to an aromatic ring is 1. The molecule has 1 aliphatic rings. The first kappa shape index (κ1) is 16.2. The maximum atomic E-state index is 13.1. The zero-order valence-electron chi connectivity index (χ0n) is 13.2. The molecule has 1 aromatic heterocycles. The van der Waals surface area contributed by atoms with Gasteiger partial charge in [-0.25, -0.2) is 9.37 Å². The Morgan fingerprint density at radius 3 is 2.75 bits per heavy atom. The number of hydrogen-bond donors (Lipinski definition) is 2. The molecule has 3 N–H and O–H groups in total. The Bertz CT molecular complexity index is 738. The third-order valence-electron chi connectivity index (χ3n) is 4.47. The van der Waals surface area contributed by atoms with E-state index < -0.39 is 11.4 Å². The van der Waals surface area contributed by atoms with E-state index in [2.05, 4.69) is 9.97 Å². The fraction of sp³-hybridized carbons (Fsp3) is 0.353. The van der Waals surface area contributed by atoms with Crippen LogP contribution >= 0.6 is 0 Å². The van der Waals surface area contributed by atoms with Gasteiger partial charge in [-0.3, -0.25) is 4.79 Å². The lowest BCUT2D eigenvalue weighted by molar-refractivity contribution is -0.149. The van der Waals surface area contributed by atoms with Crippen molar-refractivity contribution in [2.24, 2.45) is 5.41 Å². The number of nitrogens with zero attached hydrogens (tertiary/aromatic N) is 3. The maximum absolute atomic E-state index is 13.1. The van der Waals surface area contributed by atoms with E-state index in [0.29, 0.717) is 25.2 Å².